The lowest BCUT2D eigenvalue weighted by atomic mass is 10.1. The van der Waals surface area contributed by atoms with E-state index in [1.807, 2.05) is 6.07 Å². The molecule has 1 unspecified atom stereocenters. The zero-order valence-corrected chi connectivity index (χ0v) is 14.1. The Hall–Kier alpha value is -0.970. The van der Waals surface area contributed by atoms with Crippen molar-refractivity contribution in [3.63, 3.8) is 0 Å². The highest BCUT2D eigenvalue weighted by Gasteiger charge is 2.20. The minimum Gasteiger partial charge on any atom is -0.377 e. The summed E-state index contributed by atoms with van der Waals surface area (Å²) in [5.41, 5.74) is 1.06. The number of piperidine rings is 1. The molecule has 0 aliphatic carbocycles. The van der Waals surface area contributed by atoms with Crippen molar-refractivity contribution in [1.82, 2.24) is 9.80 Å². The van der Waals surface area contributed by atoms with Crippen molar-refractivity contribution >= 4 is 0 Å². The fourth-order valence-corrected chi connectivity index (χ4v) is 3.67. The minimum absolute atomic E-state index is 0.143. The topological polar surface area (TPSA) is 15.7 Å². The molecular weight excluding hydrogens is 291 g/mol. The lowest BCUT2D eigenvalue weighted by molar-refractivity contribution is 0.0651. The predicted octanol–water partition coefficient (Wildman–Crippen LogP) is 3.29. The minimum atomic E-state index is -0.143. The van der Waals surface area contributed by atoms with E-state index in [4.69, 9.17) is 4.74 Å². The van der Waals surface area contributed by atoms with Crippen molar-refractivity contribution in [3.8, 4) is 0 Å². The molecular formula is C19H29FN2O. The first-order valence-electron chi connectivity index (χ1n) is 9.10. The van der Waals surface area contributed by atoms with E-state index in [1.165, 1.54) is 44.8 Å². The van der Waals surface area contributed by atoms with Gasteiger partial charge in [0.1, 0.15) is 5.82 Å². The van der Waals surface area contributed by atoms with Crippen LogP contribution >= 0.6 is 0 Å². The van der Waals surface area contributed by atoms with Crippen molar-refractivity contribution in [2.24, 2.45) is 0 Å². The van der Waals surface area contributed by atoms with Gasteiger partial charge in [-0.1, -0.05) is 18.6 Å². The molecule has 0 amide bonds. The van der Waals surface area contributed by atoms with Gasteiger partial charge in [-0.3, -0.25) is 4.90 Å². The van der Waals surface area contributed by atoms with E-state index in [-0.39, 0.29) is 5.82 Å². The van der Waals surface area contributed by atoms with Crippen LogP contribution in [0.2, 0.25) is 0 Å². The molecule has 2 saturated heterocycles. The Morgan fingerprint density at radius 3 is 2.78 bits per heavy atom. The molecule has 2 aliphatic heterocycles. The smallest absolute Gasteiger partial charge is 0.123 e. The molecule has 1 aromatic rings. The van der Waals surface area contributed by atoms with Crippen molar-refractivity contribution < 1.29 is 9.13 Å². The third-order valence-electron chi connectivity index (χ3n) is 4.96. The molecule has 2 aliphatic rings. The zero-order chi connectivity index (χ0) is 15.9. The highest BCUT2D eigenvalue weighted by Crippen LogP contribution is 2.16. The summed E-state index contributed by atoms with van der Waals surface area (Å²) in [5.74, 6) is -0.143. The first-order valence-corrected chi connectivity index (χ1v) is 9.10. The van der Waals surface area contributed by atoms with E-state index in [1.54, 1.807) is 12.1 Å². The van der Waals surface area contributed by atoms with E-state index in [0.717, 1.165) is 44.8 Å². The number of halogens is 1. The molecule has 0 bridgehead atoms. The first kappa shape index (κ1) is 16.9. The van der Waals surface area contributed by atoms with E-state index in [2.05, 4.69) is 9.80 Å². The van der Waals surface area contributed by atoms with Crippen LogP contribution in [0.15, 0.2) is 24.3 Å². The van der Waals surface area contributed by atoms with Crippen molar-refractivity contribution in [2.45, 2.75) is 44.8 Å². The third-order valence-corrected chi connectivity index (χ3v) is 4.96. The largest absolute Gasteiger partial charge is 0.377 e. The Labute approximate surface area is 139 Å². The van der Waals surface area contributed by atoms with E-state index < -0.39 is 0 Å². The maximum atomic E-state index is 13.4. The summed E-state index contributed by atoms with van der Waals surface area (Å²) in [6.07, 6.45) is 6.71. The Morgan fingerprint density at radius 2 is 2.04 bits per heavy atom. The summed E-state index contributed by atoms with van der Waals surface area (Å²) >= 11 is 0. The highest BCUT2D eigenvalue weighted by atomic mass is 19.1. The number of ether oxygens (including phenoxy) is 1. The standard InChI is InChI=1S/C19H29FN2O/c20-18-7-4-6-17(14-18)15-22(16-19-8-5-13-23-19)12-11-21-9-2-1-3-10-21/h4,6-7,14,19H,1-3,5,8-13,15-16H2. The van der Waals surface area contributed by atoms with Crippen LogP contribution in [0, 0.1) is 5.82 Å². The molecule has 1 atom stereocenters. The molecule has 0 N–H and O–H groups in total. The number of hydrogen-bond acceptors (Lipinski definition) is 3. The number of likely N-dealkylation sites (tertiary alicyclic amines) is 1. The summed E-state index contributed by atoms with van der Waals surface area (Å²) in [7, 11) is 0. The Bertz CT molecular complexity index is 470. The molecule has 2 heterocycles. The average molecular weight is 320 g/mol. The molecule has 0 aromatic heterocycles. The Kier molecular flexibility index (Phi) is 6.43. The van der Waals surface area contributed by atoms with Crippen LogP contribution in [0.3, 0.4) is 0 Å². The summed E-state index contributed by atoms with van der Waals surface area (Å²) in [4.78, 5) is 5.01. The van der Waals surface area contributed by atoms with Crippen molar-refractivity contribution in [2.75, 3.05) is 39.3 Å². The van der Waals surface area contributed by atoms with Gasteiger partial charge < -0.3 is 9.64 Å². The summed E-state index contributed by atoms with van der Waals surface area (Å²) in [5, 5.41) is 0. The van der Waals surface area contributed by atoms with Crippen LogP contribution in [0.1, 0.15) is 37.7 Å². The molecule has 4 heteroatoms. The van der Waals surface area contributed by atoms with Crippen LogP contribution < -0.4 is 0 Å². The van der Waals surface area contributed by atoms with Gasteiger partial charge in [0.25, 0.3) is 0 Å². The fraction of sp³-hybridized carbons (Fsp3) is 0.684. The van der Waals surface area contributed by atoms with Crippen LogP contribution in [0.4, 0.5) is 4.39 Å². The van der Waals surface area contributed by atoms with Gasteiger partial charge in [0.15, 0.2) is 0 Å². The quantitative estimate of drug-likeness (QED) is 0.767. The molecule has 128 valence electrons. The maximum Gasteiger partial charge on any atom is 0.123 e. The zero-order valence-electron chi connectivity index (χ0n) is 14.1. The van der Waals surface area contributed by atoms with Gasteiger partial charge in [0.05, 0.1) is 6.10 Å². The molecule has 23 heavy (non-hydrogen) atoms. The number of nitrogens with zero attached hydrogens (tertiary/aromatic N) is 2. The van der Waals surface area contributed by atoms with Crippen LogP contribution in [-0.4, -0.2) is 55.2 Å². The molecule has 0 saturated carbocycles. The number of hydrogen-bond donors (Lipinski definition) is 0. The summed E-state index contributed by atoms with van der Waals surface area (Å²) in [6, 6.07) is 7.00. The molecule has 3 rings (SSSR count). The monoisotopic (exact) mass is 320 g/mol. The lowest BCUT2D eigenvalue weighted by Crippen LogP contribution is -2.40. The SMILES string of the molecule is Fc1cccc(CN(CCN2CCCCC2)CC2CCCO2)c1. The Morgan fingerprint density at radius 1 is 1.17 bits per heavy atom. The molecule has 0 spiro atoms. The molecule has 0 radical (unpaired) electrons. The second-order valence-electron chi connectivity index (χ2n) is 6.90. The average Bonchev–Trinajstić information content (AvgIpc) is 3.07. The van der Waals surface area contributed by atoms with E-state index in [0.29, 0.717) is 6.10 Å². The van der Waals surface area contributed by atoms with Gasteiger partial charge in [0.2, 0.25) is 0 Å². The second kappa shape index (κ2) is 8.76. The fourth-order valence-electron chi connectivity index (χ4n) is 3.67. The number of benzene rings is 1. The van der Waals surface area contributed by atoms with Crippen LogP contribution in [0.25, 0.3) is 0 Å². The number of rotatable bonds is 7. The predicted molar refractivity (Wildman–Crippen MR) is 90.9 cm³/mol. The van der Waals surface area contributed by atoms with Crippen LogP contribution in [0.5, 0.6) is 0 Å². The molecule has 2 fully saturated rings. The van der Waals surface area contributed by atoms with E-state index >= 15 is 0 Å². The van der Waals surface area contributed by atoms with Gasteiger partial charge in [0, 0.05) is 32.8 Å². The first-order chi connectivity index (χ1) is 11.3. The maximum absolute atomic E-state index is 13.4. The van der Waals surface area contributed by atoms with Crippen molar-refractivity contribution in [1.29, 1.82) is 0 Å². The summed E-state index contributed by atoms with van der Waals surface area (Å²) in [6.45, 7) is 7.28. The summed E-state index contributed by atoms with van der Waals surface area (Å²) < 4.78 is 19.3. The van der Waals surface area contributed by atoms with E-state index in [9.17, 15) is 4.39 Å². The highest BCUT2D eigenvalue weighted by molar-refractivity contribution is 5.16. The lowest BCUT2D eigenvalue weighted by Gasteiger charge is -2.31. The van der Waals surface area contributed by atoms with Gasteiger partial charge >= 0.3 is 0 Å². The normalized spacial score (nSPS) is 22.8. The van der Waals surface area contributed by atoms with Gasteiger partial charge in [-0.25, -0.2) is 4.39 Å². The van der Waals surface area contributed by atoms with Gasteiger partial charge in [-0.2, -0.15) is 0 Å². The third kappa shape index (κ3) is 5.55. The van der Waals surface area contributed by atoms with Gasteiger partial charge in [-0.15, -0.1) is 0 Å². The second-order valence-corrected chi connectivity index (χ2v) is 6.90. The van der Waals surface area contributed by atoms with Gasteiger partial charge in [-0.05, 0) is 56.5 Å². The van der Waals surface area contributed by atoms with Crippen LogP contribution in [-0.2, 0) is 11.3 Å². The van der Waals surface area contributed by atoms with Crippen molar-refractivity contribution in [3.05, 3.63) is 35.6 Å². The Balaban J connectivity index is 1.55. The molecule has 1 aromatic carbocycles. The molecule has 3 nitrogen and oxygen atoms in total.